The van der Waals surface area contributed by atoms with Crippen LogP contribution in [0.3, 0.4) is 0 Å². The van der Waals surface area contributed by atoms with Crippen LogP contribution in [0.4, 0.5) is 10.3 Å². The summed E-state index contributed by atoms with van der Waals surface area (Å²) in [5.74, 6) is 0.640. The van der Waals surface area contributed by atoms with E-state index in [2.05, 4.69) is 25.5 Å². The van der Waals surface area contributed by atoms with Crippen LogP contribution in [0, 0.1) is 5.82 Å². The Morgan fingerprint density at radius 2 is 2.19 bits per heavy atom. The van der Waals surface area contributed by atoms with Crippen LogP contribution in [0.1, 0.15) is 6.92 Å². The van der Waals surface area contributed by atoms with E-state index in [0.29, 0.717) is 40.5 Å². The quantitative estimate of drug-likeness (QED) is 0.771. The summed E-state index contributed by atoms with van der Waals surface area (Å²) in [5, 5.41) is 10.5. The molecule has 2 N–H and O–H groups in total. The van der Waals surface area contributed by atoms with Gasteiger partial charge in [0, 0.05) is 12.1 Å². The highest BCUT2D eigenvalue weighted by atomic mass is 19.1. The number of ether oxygens (including phenoxy) is 1. The highest BCUT2D eigenvalue weighted by molar-refractivity contribution is 5.92. The van der Waals surface area contributed by atoms with Gasteiger partial charge in [0.15, 0.2) is 5.65 Å². The molecule has 7 heteroatoms. The van der Waals surface area contributed by atoms with Crippen molar-refractivity contribution in [1.82, 2.24) is 20.2 Å². The van der Waals surface area contributed by atoms with Gasteiger partial charge in [-0.25, -0.2) is 9.37 Å². The number of hydrogen-bond acceptors (Lipinski definition) is 5. The van der Waals surface area contributed by atoms with Crippen LogP contribution >= 0.6 is 0 Å². The molecule has 0 aliphatic rings. The number of nitrogens with one attached hydrogen (secondary N) is 2. The van der Waals surface area contributed by atoms with Crippen molar-refractivity contribution in [3.05, 3.63) is 30.2 Å². The smallest absolute Gasteiger partial charge is 0.225 e. The van der Waals surface area contributed by atoms with Gasteiger partial charge in [0.1, 0.15) is 11.6 Å². The minimum atomic E-state index is -0.356. The second-order valence-corrected chi connectivity index (χ2v) is 4.40. The minimum absolute atomic E-state index is 0.356. The molecule has 3 aromatic rings. The van der Waals surface area contributed by atoms with E-state index in [1.165, 1.54) is 19.2 Å². The third-order valence-corrected chi connectivity index (χ3v) is 3.06. The first-order chi connectivity index (χ1) is 10.2. The molecule has 0 fully saturated rings. The predicted octanol–water partition coefficient (Wildman–Crippen LogP) is 2.60. The molecule has 0 bridgehead atoms. The van der Waals surface area contributed by atoms with Gasteiger partial charge in [0.25, 0.3) is 0 Å². The molecule has 2 aromatic heterocycles. The summed E-state index contributed by atoms with van der Waals surface area (Å²) in [7, 11) is 1.54. The van der Waals surface area contributed by atoms with Crippen LogP contribution in [0.15, 0.2) is 24.4 Å². The Morgan fingerprint density at radius 3 is 2.95 bits per heavy atom. The maximum Gasteiger partial charge on any atom is 0.225 e. The SMILES string of the molecule is CCNc1nc(-c2cc(F)ccc2OC)c2cn[nH]c2n1. The highest BCUT2D eigenvalue weighted by Crippen LogP contribution is 2.33. The van der Waals surface area contributed by atoms with E-state index in [-0.39, 0.29) is 5.82 Å². The van der Waals surface area contributed by atoms with Gasteiger partial charge in [0.05, 0.1) is 24.4 Å². The summed E-state index contributed by atoms with van der Waals surface area (Å²) < 4.78 is 18.9. The zero-order chi connectivity index (χ0) is 14.8. The summed E-state index contributed by atoms with van der Waals surface area (Å²) in [5.41, 5.74) is 1.72. The molecule has 6 nitrogen and oxygen atoms in total. The fraction of sp³-hybridized carbons (Fsp3) is 0.214. The van der Waals surface area contributed by atoms with Crippen molar-refractivity contribution in [1.29, 1.82) is 0 Å². The van der Waals surface area contributed by atoms with E-state index in [0.717, 1.165) is 0 Å². The van der Waals surface area contributed by atoms with Gasteiger partial charge >= 0.3 is 0 Å². The Labute approximate surface area is 120 Å². The monoisotopic (exact) mass is 287 g/mol. The Hall–Kier alpha value is -2.70. The highest BCUT2D eigenvalue weighted by Gasteiger charge is 2.15. The first-order valence-corrected chi connectivity index (χ1v) is 6.51. The molecule has 1 aromatic carbocycles. The maximum atomic E-state index is 13.6. The number of anilines is 1. The lowest BCUT2D eigenvalue weighted by Gasteiger charge is -2.10. The maximum absolute atomic E-state index is 13.6. The van der Waals surface area contributed by atoms with Gasteiger partial charge in [0.2, 0.25) is 5.95 Å². The van der Waals surface area contributed by atoms with Gasteiger partial charge in [-0.3, -0.25) is 5.10 Å². The van der Waals surface area contributed by atoms with Gasteiger partial charge in [-0.05, 0) is 25.1 Å². The second-order valence-electron chi connectivity index (χ2n) is 4.40. The van der Waals surface area contributed by atoms with Crippen LogP contribution in [0.5, 0.6) is 5.75 Å². The first kappa shape index (κ1) is 13.3. The van der Waals surface area contributed by atoms with Gasteiger partial charge in [-0.15, -0.1) is 0 Å². The fourth-order valence-corrected chi connectivity index (χ4v) is 2.14. The number of nitrogens with zero attached hydrogens (tertiary/aromatic N) is 3. The Kier molecular flexibility index (Phi) is 3.39. The number of fused-ring (bicyclic) bond motifs is 1. The molecule has 0 radical (unpaired) electrons. The van der Waals surface area contributed by atoms with E-state index < -0.39 is 0 Å². The summed E-state index contributed by atoms with van der Waals surface area (Å²) in [6.45, 7) is 2.63. The predicted molar refractivity (Wildman–Crippen MR) is 77.8 cm³/mol. The average Bonchev–Trinajstić information content (AvgIpc) is 2.95. The zero-order valence-electron chi connectivity index (χ0n) is 11.6. The van der Waals surface area contributed by atoms with E-state index in [1.54, 1.807) is 12.3 Å². The fourth-order valence-electron chi connectivity index (χ4n) is 2.14. The van der Waals surface area contributed by atoms with Crippen LogP contribution in [-0.2, 0) is 0 Å². The Bertz CT molecular complexity index is 786. The molecule has 0 aliphatic heterocycles. The van der Waals surface area contributed by atoms with Crippen molar-refractivity contribution < 1.29 is 9.13 Å². The average molecular weight is 287 g/mol. The Morgan fingerprint density at radius 1 is 1.33 bits per heavy atom. The third kappa shape index (κ3) is 2.37. The lowest BCUT2D eigenvalue weighted by molar-refractivity contribution is 0.415. The number of methoxy groups -OCH3 is 1. The number of hydrogen-bond donors (Lipinski definition) is 2. The van der Waals surface area contributed by atoms with Crippen LogP contribution in [-0.4, -0.2) is 33.8 Å². The number of aromatic nitrogens is 4. The van der Waals surface area contributed by atoms with Crippen molar-refractivity contribution in [3.63, 3.8) is 0 Å². The van der Waals surface area contributed by atoms with Gasteiger partial charge < -0.3 is 10.1 Å². The number of halogens is 1. The zero-order valence-corrected chi connectivity index (χ0v) is 11.6. The molecular weight excluding hydrogens is 273 g/mol. The number of H-pyrrole nitrogens is 1. The molecule has 0 amide bonds. The lowest BCUT2D eigenvalue weighted by atomic mass is 10.1. The van der Waals surface area contributed by atoms with Gasteiger partial charge in [-0.2, -0.15) is 10.1 Å². The van der Waals surface area contributed by atoms with Crippen LogP contribution in [0.25, 0.3) is 22.3 Å². The number of benzene rings is 1. The van der Waals surface area contributed by atoms with Crippen molar-refractivity contribution in [2.45, 2.75) is 6.92 Å². The molecule has 0 unspecified atom stereocenters. The van der Waals surface area contributed by atoms with Crippen molar-refractivity contribution in [3.8, 4) is 17.0 Å². The largest absolute Gasteiger partial charge is 0.496 e. The molecule has 21 heavy (non-hydrogen) atoms. The number of aromatic amines is 1. The molecule has 0 aliphatic carbocycles. The van der Waals surface area contributed by atoms with E-state index in [9.17, 15) is 4.39 Å². The molecule has 0 saturated carbocycles. The first-order valence-electron chi connectivity index (χ1n) is 6.51. The van der Waals surface area contributed by atoms with E-state index in [1.807, 2.05) is 6.92 Å². The molecule has 108 valence electrons. The summed E-state index contributed by atoms with van der Waals surface area (Å²) in [6, 6.07) is 4.32. The third-order valence-electron chi connectivity index (χ3n) is 3.06. The normalized spacial score (nSPS) is 10.8. The molecule has 0 spiro atoms. The standard InChI is InChI=1S/C14H14FN5O/c1-3-16-14-18-12(10-7-17-20-13(10)19-14)9-6-8(15)4-5-11(9)21-2/h4-7H,3H2,1-2H3,(H2,16,17,18,19,20). The van der Waals surface area contributed by atoms with Gasteiger partial charge in [-0.1, -0.05) is 0 Å². The summed E-state index contributed by atoms with van der Waals surface area (Å²) in [4.78, 5) is 8.77. The lowest BCUT2D eigenvalue weighted by Crippen LogP contribution is -2.03. The minimum Gasteiger partial charge on any atom is -0.496 e. The summed E-state index contributed by atoms with van der Waals surface area (Å²) >= 11 is 0. The molecule has 0 atom stereocenters. The molecular formula is C14H14FN5O. The van der Waals surface area contributed by atoms with E-state index >= 15 is 0 Å². The van der Waals surface area contributed by atoms with E-state index in [4.69, 9.17) is 4.74 Å². The number of rotatable bonds is 4. The van der Waals surface area contributed by atoms with Crippen molar-refractivity contribution in [2.75, 3.05) is 19.0 Å². The summed E-state index contributed by atoms with van der Waals surface area (Å²) in [6.07, 6.45) is 1.62. The topological polar surface area (TPSA) is 75.7 Å². The van der Waals surface area contributed by atoms with Crippen LogP contribution in [0.2, 0.25) is 0 Å². The second kappa shape index (κ2) is 5.35. The van der Waals surface area contributed by atoms with Crippen molar-refractivity contribution >= 4 is 17.0 Å². The molecule has 0 saturated heterocycles. The van der Waals surface area contributed by atoms with Crippen molar-refractivity contribution in [2.24, 2.45) is 0 Å². The molecule has 2 heterocycles. The van der Waals surface area contributed by atoms with Crippen LogP contribution < -0.4 is 10.1 Å². The molecule has 3 rings (SSSR count). The Balaban J connectivity index is 2.28.